The fraction of sp³-hybridized carbons (Fsp3) is 1.00. The predicted octanol–water partition coefficient (Wildman–Crippen LogP) is 4.79. The third-order valence-corrected chi connectivity index (χ3v) is 10.1. The Morgan fingerprint density at radius 2 is 1.29 bits per heavy atom. The highest BCUT2D eigenvalue weighted by Crippen LogP contribution is 2.25. The molecule has 0 saturated heterocycles. The first-order chi connectivity index (χ1) is 6.12. The molecule has 0 unspecified atom stereocenters. The molecule has 0 aromatic rings. The van der Waals surface area contributed by atoms with Gasteiger partial charge in [0.25, 0.3) is 0 Å². The molecule has 0 aliphatic carbocycles. The molecular weight excluding hydrogens is 216 g/mol. The molecule has 85 valence electrons. The van der Waals surface area contributed by atoms with Crippen LogP contribution in [0.1, 0.15) is 0 Å². The van der Waals surface area contributed by atoms with Gasteiger partial charge in [0.15, 0.2) is 0 Å². The summed E-state index contributed by atoms with van der Waals surface area (Å²) in [7, 11) is -1.57. The number of rotatable bonds is 6. The largest absolute Gasteiger partial charge is 0.0713 e. The van der Waals surface area contributed by atoms with Gasteiger partial charge in [-0.3, -0.25) is 0 Å². The SMILES string of the molecule is C[Si](C)CC[Si](C)(C)CC[Si](C)(C)C. The van der Waals surface area contributed by atoms with Crippen LogP contribution >= 0.6 is 0 Å². The lowest BCUT2D eigenvalue weighted by Gasteiger charge is -2.26. The molecule has 0 aliphatic heterocycles. The summed E-state index contributed by atoms with van der Waals surface area (Å²) < 4.78 is 0. The van der Waals surface area contributed by atoms with Crippen molar-refractivity contribution in [3.63, 3.8) is 0 Å². The molecule has 3 heteroatoms. The number of hydrogen-bond donors (Lipinski definition) is 0. The summed E-state index contributed by atoms with van der Waals surface area (Å²) in [5.41, 5.74) is 0. The molecule has 14 heavy (non-hydrogen) atoms. The third kappa shape index (κ3) is 9.22. The molecular formula is C11H29Si3. The van der Waals surface area contributed by atoms with E-state index in [2.05, 4.69) is 45.8 Å². The molecule has 0 aromatic carbocycles. The molecule has 0 aliphatic rings. The highest BCUT2D eigenvalue weighted by molar-refractivity contribution is 6.82. The molecule has 0 fully saturated rings. The van der Waals surface area contributed by atoms with Gasteiger partial charge in [0.1, 0.15) is 0 Å². The summed E-state index contributed by atoms with van der Waals surface area (Å²) in [6.45, 7) is 17.6. The first-order valence-electron chi connectivity index (χ1n) is 5.91. The van der Waals surface area contributed by atoms with Crippen LogP contribution in [0.3, 0.4) is 0 Å². The summed E-state index contributed by atoms with van der Waals surface area (Å²) >= 11 is 0. The van der Waals surface area contributed by atoms with Crippen LogP contribution in [0.25, 0.3) is 0 Å². The van der Waals surface area contributed by atoms with Crippen LogP contribution in [0.15, 0.2) is 0 Å². The summed E-state index contributed by atoms with van der Waals surface area (Å²) in [4.78, 5) is 0. The van der Waals surface area contributed by atoms with Crippen molar-refractivity contribution in [2.45, 2.75) is 70.0 Å². The van der Waals surface area contributed by atoms with Crippen molar-refractivity contribution >= 4 is 24.9 Å². The Morgan fingerprint density at radius 3 is 1.64 bits per heavy atom. The highest BCUT2D eigenvalue weighted by Gasteiger charge is 2.24. The van der Waals surface area contributed by atoms with Gasteiger partial charge in [-0.05, 0) is 0 Å². The average Bonchev–Trinajstić information content (AvgIpc) is 1.97. The minimum atomic E-state index is -0.816. The Hall–Kier alpha value is 0.651. The van der Waals surface area contributed by atoms with E-state index in [1.54, 1.807) is 24.2 Å². The smallest absolute Gasteiger partial charge is 0.0468 e. The monoisotopic (exact) mass is 245 g/mol. The molecule has 0 spiro atoms. The molecule has 0 aromatic heterocycles. The summed E-state index contributed by atoms with van der Waals surface area (Å²) in [5.74, 6) is 0. The van der Waals surface area contributed by atoms with E-state index < -0.39 is 16.1 Å². The van der Waals surface area contributed by atoms with Gasteiger partial charge in [-0.2, -0.15) is 0 Å². The van der Waals surface area contributed by atoms with Crippen LogP contribution in [-0.4, -0.2) is 24.9 Å². The zero-order valence-corrected chi connectivity index (χ0v) is 14.3. The summed E-state index contributed by atoms with van der Waals surface area (Å²) in [5, 5.41) is 0. The quantitative estimate of drug-likeness (QED) is 0.591. The second-order valence-electron chi connectivity index (χ2n) is 6.93. The van der Waals surface area contributed by atoms with Gasteiger partial charge < -0.3 is 0 Å². The lowest BCUT2D eigenvalue weighted by molar-refractivity contribution is 1.20. The zero-order valence-electron chi connectivity index (χ0n) is 11.3. The van der Waals surface area contributed by atoms with Crippen LogP contribution in [-0.2, 0) is 0 Å². The Morgan fingerprint density at radius 1 is 0.786 bits per heavy atom. The van der Waals surface area contributed by atoms with E-state index in [1.165, 1.54) is 0 Å². The van der Waals surface area contributed by atoms with Gasteiger partial charge in [-0.25, -0.2) is 0 Å². The van der Waals surface area contributed by atoms with Crippen molar-refractivity contribution in [3.8, 4) is 0 Å². The molecule has 0 saturated carbocycles. The van der Waals surface area contributed by atoms with Crippen LogP contribution in [0.2, 0.25) is 70.0 Å². The zero-order chi connectivity index (χ0) is 11.4. The van der Waals surface area contributed by atoms with E-state index in [1.807, 2.05) is 0 Å². The van der Waals surface area contributed by atoms with E-state index in [9.17, 15) is 0 Å². The van der Waals surface area contributed by atoms with Gasteiger partial charge in [0.2, 0.25) is 0 Å². The first kappa shape index (κ1) is 14.7. The van der Waals surface area contributed by atoms with Crippen LogP contribution < -0.4 is 0 Å². The standard InChI is InChI=1S/C11H29Si3/c1-12(2)8-9-14(6,7)11-10-13(3,4)5/h8-11H2,1-7H3. The molecule has 1 radical (unpaired) electrons. The molecule has 0 amide bonds. The van der Waals surface area contributed by atoms with E-state index >= 15 is 0 Å². The Bertz CT molecular complexity index is 156. The van der Waals surface area contributed by atoms with Crippen molar-refractivity contribution in [2.24, 2.45) is 0 Å². The van der Waals surface area contributed by atoms with E-state index in [0.29, 0.717) is 0 Å². The molecule has 0 bridgehead atoms. The highest BCUT2D eigenvalue weighted by atomic mass is 28.3. The van der Waals surface area contributed by atoms with Crippen molar-refractivity contribution < 1.29 is 0 Å². The van der Waals surface area contributed by atoms with Gasteiger partial charge in [-0.1, -0.05) is 70.0 Å². The molecule has 0 heterocycles. The number of hydrogen-bond acceptors (Lipinski definition) is 0. The van der Waals surface area contributed by atoms with Crippen molar-refractivity contribution in [1.29, 1.82) is 0 Å². The lowest BCUT2D eigenvalue weighted by Crippen LogP contribution is -2.30. The molecule has 0 rings (SSSR count). The second-order valence-corrected chi connectivity index (χ2v) is 20.8. The Labute approximate surface area is 95.1 Å². The lowest BCUT2D eigenvalue weighted by atomic mass is 10.9. The second kappa shape index (κ2) is 5.66. The predicted molar refractivity (Wildman–Crippen MR) is 77.5 cm³/mol. The first-order valence-corrected chi connectivity index (χ1v) is 15.7. The topological polar surface area (TPSA) is 0 Å². The van der Waals surface area contributed by atoms with Crippen LogP contribution in [0.5, 0.6) is 0 Å². The van der Waals surface area contributed by atoms with Crippen LogP contribution in [0.4, 0.5) is 0 Å². The van der Waals surface area contributed by atoms with Gasteiger partial charge in [0.05, 0.1) is 0 Å². The fourth-order valence-corrected chi connectivity index (χ4v) is 12.1. The maximum atomic E-state index is 2.60. The van der Waals surface area contributed by atoms with Crippen molar-refractivity contribution in [1.82, 2.24) is 0 Å². The van der Waals surface area contributed by atoms with Crippen LogP contribution in [0, 0.1) is 0 Å². The summed E-state index contributed by atoms with van der Waals surface area (Å²) in [6, 6.07) is 6.27. The molecule has 0 nitrogen and oxygen atoms in total. The fourth-order valence-electron chi connectivity index (χ4n) is 1.43. The minimum absolute atomic E-state index is 0.0256. The van der Waals surface area contributed by atoms with Gasteiger partial charge in [-0.15, -0.1) is 0 Å². The summed E-state index contributed by atoms with van der Waals surface area (Å²) in [6.07, 6.45) is 0. The van der Waals surface area contributed by atoms with Crippen molar-refractivity contribution in [2.75, 3.05) is 0 Å². The van der Waals surface area contributed by atoms with Gasteiger partial charge >= 0.3 is 0 Å². The Balaban J connectivity index is 3.83. The maximum absolute atomic E-state index is 2.60. The normalized spacial score (nSPS) is 13.7. The van der Waals surface area contributed by atoms with Crippen molar-refractivity contribution in [3.05, 3.63) is 0 Å². The van der Waals surface area contributed by atoms with E-state index in [0.717, 1.165) is 0 Å². The Kier molecular flexibility index (Phi) is 5.92. The molecule has 0 atom stereocenters. The minimum Gasteiger partial charge on any atom is -0.0713 e. The van der Waals surface area contributed by atoms with E-state index in [4.69, 9.17) is 0 Å². The maximum Gasteiger partial charge on any atom is 0.0468 e. The molecule has 0 N–H and O–H groups in total. The third-order valence-electron chi connectivity index (χ3n) is 2.85. The van der Waals surface area contributed by atoms with E-state index in [-0.39, 0.29) is 8.80 Å². The average molecular weight is 246 g/mol. The van der Waals surface area contributed by atoms with Gasteiger partial charge in [0, 0.05) is 24.9 Å².